The second kappa shape index (κ2) is 10.6. The van der Waals surface area contributed by atoms with Gasteiger partial charge in [-0.15, -0.1) is 0 Å². The summed E-state index contributed by atoms with van der Waals surface area (Å²) in [6.07, 6.45) is 1.47. The van der Waals surface area contributed by atoms with Crippen molar-refractivity contribution in [1.82, 2.24) is 5.32 Å². The van der Waals surface area contributed by atoms with E-state index in [0.717, 1.165) is 11.8 Å². The number of carbonyl (C=O) groups is 2. The molecule has 0 spiro atoms. The summed E-state index contributed by atoms with van der Waals surface area (Å²) >= 11 is 13.3. The zero-order valence-electron chi connectivity index (χ0n) is 17.2. The molecule has 0 bridgehead atoms. The van der Waals surface area contributed by atoms with E-state index in [2.05, 4.69) is 16.7 Å². The first-order chi connectivity index (χ1) is 15.3. The number of ether oxygens (including phenoxy) is 1. The summed E-state index contributed by atoms with van der Waals surface area (Å²) in [5.41, 5.74) is 1.44. The fourth-order valence-electron chi connectivity index (χ4n) is 3.18. The molecule has 0 unspecified atom stereocenters. The molecule has 1 atom stereocenters. The average Bonchev–Trinajstić information content (AvgIpc) is 3.28. The standard InChI is InChI=1S/C22H19Cl2N3O4S/c1-3-30-18(28)11-32-22-14(10-25)20(17-5-4-8-31-17)19(12(2)26-22)21(29)27-16-7-6-13(23)9-15(16)24/h4-9,20,26H,3,11H2,1-2H3,(H,27,29)/t20-/m0/s1. The van der Waals surface area contributed by atoms with Crippen LogP contribution in [-0.2, 0) is 14.3 Å². The number of anilines is 1. The van der Waals surface area contributed by atoms with E-state index in [1.807, 2.05) is 0 Å². The molecule has 2 aromatic rings. The van der Waals surface area contributed by atoms with E-state index in [4.69, 9.17) is 32.4 Å². The van der Waals surface area contributed by atoms with Crippen LogP contribution in [0.5, 0.6) is 0 Å². The summed E-state index contributed by atoms with van der Waals surface area (Å²) in [5, 5.41) is 17.0. The van der Waals surface area contributed by atoms with Crippen LogP contribution in [0.15, 0.2) is 62.9 Å². The van der Waals surface area contributed by atoms with Crippen LogP contribution in [0.2, 0.25) is 10.0 Å². The minimum atomic E-state index is -0.771. The molecule has 10 heteroatoms. The maximum Gasteiger partial charge on any atom is 0.316 e. The van der Waals surface area contributed by atoms with Gasteiger partial charge in [0, 0.05) is 10.7 Å². The third-order valence-electron chi connectivity index (χ3n) is 4.54. The van der Waals surface area contributed by atoms with Gasteiger partial charge in [0.05, 0.1) is 57.5 Å². The molecule has 0 saturated heterocycles. The first-order valence-electron chi connectivity index (χ1n) is 9.56. The van der Waals surface area contributed by atoms with Crippen LogP contribution in [-0.4, -0.2) is 24.2 Å². The van der Waals surface area contributed by atoms with Crippen molar-refractivity contribution in [3.8, 4) is 6.07 Å². The van der Waals surface area contributed by atoms with Crippen molar-refractivity contribution in [1.29, 1.82) is 5.26 Å². The van der Waals surface area contributed by atoms with Gasteiger partial charge >= 0.3 is 5.97 Å². The Bertz CT molecular complexity index is 1140. The SMILES string of the molecule is CCOC(=O)CSC1=C(C#N)[C@@H](c2ccco2)C(C(=O)Nc2ccc(Cl)cc2Cl)=C(C)N1. The maximum atomic E-state index is 13.3. The number of hydrogen-bond acceptors (Lipinski definition) is 7. The Labute approximate surface area is 199 Å². The molecule has 1 aromatic carbocycles. The number of furan rings is 1. The number of allylic oxidation sites excluding steroid dienone is 2. The minimum absolute atomic E-state index is 0.0153. The molecule has 2 N–H and O–H groups in total. The third-order valence-corrected chi connectivity index (χ3v) is 6.08. The maximum absolute atomic E-state index is 13.3. The van der Waals surface area contributed by atoms with E-state index < -0.39 is 17.8 Å². The molecular formula is C22H19Cl2N3O4S. The number of hydrogen-bond donors (Lipinski definition) is 2. The number of benzene rings is 1. The number of carbonyl (C=O) groups excluding carboxylic acids is 2. The second-order valence-corrected chi connectivity index (χ2v) is 8.47. The van der Waals surface area contributed by atoms with Crippen molar-refractivity contribution >= 4 is 52.5 Å². The summed E-state index contributed by atoms with van der Waals surface area (Å²) in [6, 6.07) is 10.3. The minimum Gasteiger partial charge on any atom is -0.468 e. The average molecular weight is 492 g/mol. The van der Waals surface area contributed by atoms with Crippen LogP contribution in [0.1, 0.15) is 25.5 Å². The molecular weight excluding hydrogens is 473 g/mol. The Morgan fingerprint density at radius 3 is 2.75 bits per heavy atom. The number of nitrogens with one attached hydrogen (secondary N) is 2. The van der Waals surface area contributed by atoms with Gasteiger partial charge in [-0.1, -0.05) is 35.0 Å². The Hall–Kier alpha value is -2.86. The smallest absolute Gasteiger partial charge is 0.316 e. The molecule has 7 nitrogen and oxygen atoms in total. The van der Waals surface area contributed by atoms with Crippen molar-refractivity contribution in [2.45, 2.75) is 19.8 Å². The fourth-order valence-corrected chi connectivity index (χ4v) is 4.53. The molecule has 2 heterocycles. The van der Waals surface area contributed by atoms with Crippen molar-refractivity contribution in [3.05, 3.63) is 74.3 Å². The highest BCUT2D eigenvalue weighted by Crippen LogP contribution is 2.41. The topological polar surface area (TPSA) is 104 Å². The van der Waals surface area contributed by atoms with Crippen molar-refractivity contribution in [2.75, 3.05) is 17.7 Å². The highest BCUT2D eigenvalue weighted by Gasteiger charge is 2.36. The van der Waals surface area contributed by atoms with E-state index in [0.29, 0.717) is 32.8 Å². The number of thioether (sulfide) groups is 1. The van der Waals surface area contributed by atoms with E-state index in [1.54, 1.807) is 38.1 Å². The van der Waals surface area contributed by atoms with Gasteiger partial charge in [0.15, 0.2) is 0 Å². The van der Waals surface area contributed by atoms with Crippen LogP contribution in [0.4, 0.5) is 5.69 Å². The van der Waals surface area contributed by atoms with Crippen LogP contribution in [0.25, 0.3) is 0 Å². The van der Waals surface area contributed by atoms with Gasteiger partial charge in [-0.2, -0.15) is 5.26 Å². The van der Waals surface area contributed by atoms with Crippen LogP contribution >= 0.6 is 35.0 Å². The molecule has 1 aliphatic heterocycles. The Kier molecular flexibility index (Phi) is 7.91. The first-order valence-corrected chi connectivity index (χ1v) is 11.3. The number of esters is 1. The van der Waals surface area contributed by atoms with Gasteiger partial charge in [-0.25, -0.2) is 0 Å². The molecule has 0 saturated carbocycles. The quantitative estimate of drug-likeness (QED) is 0.511. The third kappa shape index (κ3) is 5.30. The molecule has 0 radical (unpaired) electrons. The van der Waals surface area contributed by atoms with Crippen molar-refractivity contribution < 1.29 is 18.7 Å². The summed E-state index contributed by atoms with van der Waals surface area (Å²) < 4.78 is 10.5. The van der Waals surface area contributed by atoms with Crippen LogP contribution in [0, 0.1) is 11.3 Å². The highest BCUT2D eigenvalue weighted by atomic mass is 35.5. The lowest BCUT2D eigenvalue weighted by molar-refractivity contribution is -0.139. The first kappa shape index (κ1) is 23.8. The zero-order valence-corrected chi connectivity index (χ0v) is 19.5. The van der Waals surface area contributed by atoms with Crippen LogP contribution in [0.3, 0.4) is 0 Å². The molecule has 1 aromatic heterocycles. The van der Waals surface area contributed by atoms with Gasteiger partial charge in [0.2, 0.25) is 0 Å². The number of rotatable bonds is 7. The number of nitriles is 1. The van der Waals surface area contributed by atoms with E-state index in [-0.39, 0.29) is 23.0 Å². The lowest BCUT2D eigenvalue weighted by Gasteiger charge is -2.28. The molecule has 32 heavy (non-hydrogen) atoms. The predicted molar refractivity (Wildman–Crippen MR) is 124 cm³/mol. The monoisotopic (exact) mass is 491 g/mol. The predicted octanol–water partition coefficient (Wildman–Crippen LogP) is 5.22. The lowest BCUT2D eigenvalue weighted by atomic mass is 9.85. The van der Waals surface area contributed by atoms with E-state index >= 15 is 0 Å². The van der Waals surface area contributed by atoms with Gasteiger partial charge < -0.3 is 19.8 Å². The Morgan fingerprint density at radius 2 is 2.12 bits per heavy atom. The van der Waals surface area contributed by atoms with E-state index in [1.165, 1.54) is 12.3 Å². The Balaban J connectivity index is 1.96. The van der Waals surface area contributed by atoms with Crippen molar-refractivity contribution in [2.24, 2.45) is 0 Å². The number of dihydropyridines is 1. The van der Waals surface area contributed by atoms with Gasteiger partial charge in [-0.05, 0) is 44.2 Å². The van der Waals surface area contributed by atoms with Gasteiger partial charge in [-0.3, -0.25) is 9.59 Å². The van der Waals surface area contributed by atoms with E-state index in [9.17, 15) is 14.9 Å². The molecule has 166 valence electrons. The summed E-state index contributed by atoms with van der Waals surface area (Å²) in [6.45, 7) is 3.70. The summed E-state index contributed by atoms with van der Waals surface area (Å²) in [5.74, 6) is -1.19. The Morgan fingerprint density at radius 1 is 1.34 bits per heavy atom. The summed E-state index contributed by atoms with van der Waals surface area (Å²) in [4.78, 5) is 25.1. The highest BCUT2D eigenvalue weighted by molar-refractivity contribution is 8.03. The second-order valence-electron chi connectivity index (χ2n) is 6.64. The summed E-state index contributed by atoms with van der Waals surface area (Å²) in [7, 11) is 0. The lowest BCUT2D eigenvalue weighted by Crippen LogP contribution is -2.31. The fraction of sp³-hybridized carbons (Fsp3) is 0.227. The molecule has 0 aliphatic carbocycles. The number of amides is 1. The molecule has 3 rings (SSSR count). The molecule has 1 aliphatic rings. The van der Waals surface area contributed by atoms with Crippen molar-refractivity contribution in [3.63, 3.8) is 0 Å². The largest absolute Gasteiger partial charge is 0.468 e. The molecule has 0 fully saturated rings. The van der Waals surface area contributed by atoms with Gasteiger partial charge in [0.1, 0.15) is 5.76 Å². The zero-order chi connectivity index (χ0) is 23.3. The number of halogens is 2. The normalized spacial score (nSPS) is 15.8. The number of nitrogens with zero attached hydrogens (tertiary/aromatic N) is 1. The van der Waals surface area contributed by atoms with Crippen LogP contribution < -0.4 is 10.6 Å². The molecule has 1 amide bonds. The van der Waals surface area contributed by atoms with Gasteiger partial charge in [0.25, 0.3) is 5.91 Å².